The lowest BCUT2D eigenvalue weighted by molar-refractivity contribution is -0.131. The lowest BCUT2D eigenvalue weighted by atomic mass is 10.2. The molecular weight excluding hydrogens is 270 g/mol. The Morgan fingerprint density at radius 2 is 1.76 bits per heavy atom. The minimum atomic E-state index is -1.29. The van der Waals surface area contributed by atoms with E-state index in [1.165, 1.54) is 6.92 Å². The first-order chi connectivity index (χ1) is 10.1. The van der Waals surface area contributed by atoms with Crippen LogP contribution in [0, 0.1) is 0 Å². The monoisotopic (exact) mass is 287 g/mol. The van der Waals surface area contributed by atoms with Gasteiger partial charge >= 0.3 is 0 Å². The molecule has 0 bridgehead atoms. The van der Waals surface area contributed by atoms with Gasteiger partial charge in [-0.3, -0.25) is 10.0 Å². The van der Waals surface area contributed by atoms with Crippen molar-refractivity contribution >= 4 is 11.6 Å². The molecule has 0 spiro atoms. The first-order valence-corrected chi connectivity index (χ1v) is 6.56. The summed E-state index contributed by atoms with van der Waals surface area (Å²) < 4.78 is 5.64. The lowest BCUT2D eigenvalue weighted by Gasteiger charge is -2.19. The molecule has 0 saturated carbocycles. The molecule has 2 aromatic rings. The van der Waals surface area contributed by atoms with Crippen LogP contribution in [0.3, 0.4) is 0 Å². The largest absolute Gasteiger partial charge is 0.487 e. The predicted molar refractivity (Wildman–Crippen MR) is 78.2 cm³/mol. The highest BCUT2D eigenvalue weighted by molar-refractivity contribution is 5.95. The quantitative estimate of drug-likeness (QED) is 0.654. The normalized spacial score (nSPS) is 11.8. The molecule has 110 valence electrons. The lowest BCUT2D eigenvalue weighted by Crippen LogP contribution is -2.35. The van der Waals surface area contributed by atoms with Crippen LogP contribution < -0.4 is 9.80 Å². The number of hydrogen-bond acceptors (Lipinski definition) is 4. The Morgan fingerprint density at radius 1 is 1.14 bits per heavy atom. The van der Waals surface area contributed by atoms with E-state index in [0.717, 1.165) is 5.56 Å². The van der Waals surface area contributed by atoms with Crippen LogP contribution in [0.5, 0.6) is 5.75 Å². The van der Waals surface area contributed by atoms with Gasteiger partial charge in [0.2, 0.25) is 0 Å². The molecule has 0 aliphatic heterocycles. The molecular formula is C16H17NO4. The maximum absolute atomic E-state index is 11.6. The van der Waals surface area contributed by atoms with E-state index >= 15 is 0 Å². The number of rotatable bonds is 5. The van der Waals surface area contributed by atoms with Crippen molar-refractivity contribution in [2.75, 3.05) is 5.06 Å². The molecule has 0 radical (unpaired) electrons. The molecule has 0 aliphatic rings. The van der Waals surface area contributed by atoms with Gasteiger partial charge in [-0.1, -0.05) is 42.5 Å². The van der Waals surface area contributed by atoms with Gasteiger partial charge in [-0.2, -0.15) is 5.06 Å². The molecule has 5 heteroatoms. The Hall–Kier alpha value is -2.37. The second-order valence-corrected chi connectivity index (χ2v) is 4.57. The average molecular weight is 287 g/mol. The number of ether oxygens (including phenoxy) is 1. The molecule has 21 heavy (non-hydrogen) atoms. The van der Waals surface area contributed by atoms with Crippen LogP contribution >= 0.6 is 0 Å². The Morgan fingerprint density at radius 3 is 2.43 bits per heavy atom. The summed E-state index contributed by atoms with van der Waals surface area (Å²) in [5, 5.41) is 19.5. The van der Waals surface area contributed by atoms with Gasteiger partial charge < -0.3 is 9.84 Å². The van der Waals surface area contributed by atoms with Gasteiger partial charge in [-0.05, 0) is 24.6 Å². The van der Waals surface area contributed by atoms with Crippen LogP contribution in [-0.4, -0.2) is 22.3 Å². The van der Waals surface area contributed by atoms with E-state index < -0.39 is 12.0 Å². The summed E-state index contributed by atoms with van der Waals surface area (Å²) in [5.74, 6) is -0.455. The summed E-state index contributed by atoms with van der Waals surface area (Å²) in [6.45, 7) is 1.60. The fourth-order valence-electron chi connectivity index (χ4n) is 1.79. The van der Waals surface area contributed by atoms with Crippen molar-refractivity contribution in [1.29, 1.82) is 0 Å². The molecule has 2 rings (SSSR count). The molecule has 1 amide bonds. The summed E-state index contributed by atoms with van der Waals surface area (Å²) >= 11 is 0. The third kappa shape index (κ3) is 3.81. The number of carbonyl (C=O) groups is 1. The second-order valence-electron chi connectivity index (χ2n) is 4.57. The van der Waals surface area contributed by atoms with Crippen molar-refractivity contribution in [2.45, 2.75) is 19.6 Å². The van der Waals surface area contributed by atoms with E-state index in [-0.39, 0.29) is 5.69 Å². The van der Waals surface area contributed by atoms with Gasteiger partial charge in [0.05, 0.1) is 0 Å². The number of para-hydroxylation sites is 2. The van der Waals surface area contributed by atoms with Crippen molar-refractivity contribution in [3.05, 3.63) is 60.2 Å². The maximum Gasteiger partial charge on any atom is 0.279 e. The molecule has 1 unspecified atom stereocenters. The summed E-state index contributed by atoms with van der Waals surface area (Å²) in [7, 11) is 0. The van der Waals surface area contributed by atoms with E-state index in [0.29, 0.717) is 17.4 Å². The Balaban J connectivity index is 2.15. The van der Waals surface area contributed by atoms with Crippen molar-refractivity contribution in [3.8, 4) is 5.75 Å². The fraction of sp³-hybridized carbons (Fsp3) is 0.188. The van der Waals surface area contributed by atoms with Crippen LogP contribution in [-0.2, 0) is 11.4 Å². The highest BCUT2D eigenvalue weighted by Crippen LogP contribution is 2.28. The number of aliphatic hydroxyl groups excluding tert-OH is 1. The number of carbonyl (C=O) groups excluding carboxylic acids is 1. The standard InChI is InChI=1S/C16H17NO4/c1-12(18)16(19)17(20)14-9-5-6-10-15(14)21-11-13-7-3-2-4-8-13/h2-10,12,18,20H,11H2,1H3. The van der Waals surface area contributed by atoms with E-state index in [1.54, 1.807) is 24.3 Å². The second kappa shape index (κ2) is 6.88. The third-order valence-corrected chi connectivity index (χ3v) is 2.90. The Bertz CT molecular complexity index is 598. The van der Waals surface area contributed by atoms with Crippen molar-refractivity contribution in [1.82, 2.24) is 0 Å². The van der Waals surface area contributed by atoms with Crippen molar-refractivity contribution < 1.29 is 19.8 Å². The number of hydrogen-bond donors (Lipinski definition) is 2. The summed E-state index contributed by atoms with van der Waals surface area (Å²) in [6.07, 6.45) is -1.29. The number of hydroxylamine groups is 1. The zero-order valence-electron chi connectivity index (χ0n) is 11.6. The van der Waals surface area contributed by atoms with Crippen LogP contribution in [0.15, 0.2) is 54.6 Å². The Kier molecular flexibility index (Phi) is 4.92. The van der Waals surface area contributed by atoms with E-state index in [1.807, 2.05) is 30.3 Å². The number of nitrogens with zero attached hydrogens (tertiary/aromatic N) is 1. The smallest absolute Gasteiger partial charge is 0.279 e. The van der Waals surface area contributed by atoms with Gasteiger partial charge in [0.15, 0.2) is 0 Å². The third-order valence-electron chi connectivity index (χ3n) is 2.90. The fourth-order valence-corrected chi connectivity index (χ4v) is 1.79. The first-order valence-electron chi connectivity index (χ1n) is 6.56. The zero-order chi connectivity index (χ0) is 15.2. The molecule has 0 aliphatic carbocycles. The number of benzene rings is 2. The molecule has 2 N–H and O–H groups in total. The molecule has 0 aromatic heterocycles. The molecule has 0 fully saturated rings. The van der Waals surface area contributed by atoms with Gasteiger partial charge in [0.1, 0.15) is 24.1 Å². The Labute approximate surface area is 123 Å². The summed E-state index contributed by atoms with van der Waals surface area (Å²) in [5.41, 5.74) is 1.16. The van der Waals surface area contributed by atoms with Crippen molar-refractivity contribution in [3.63, 3.8) is 0 Å². The zero-order valence-corrected chi connectivity index (χ0v) is 11.6. The topological polar surface area (TPSA) is 70.0 Å². The van der Waals surface area contributed by atoms with Gasteiger partial charge in [0, 0.05) is 0 Å². The highest BCUT2D eigenvalue weighted by Gasteiger charge is 2.21. The molecule has 1 atom stereocenters. The van der Waals surface area contributed by atoms with Gasteiger partial charge in [0.25, 0.3) is 5.91 Å². The van der Waals surface area contributed by atoms with E-state index in [9.17, 15) is 15.1 Å². The van der Waals surface area contributed by atoms with Crippen molar-refractivity contribution in [2.24, 2.45) is 0 Å². The number of aliphatic hydroxyl groups is 1. The molecule has 2 aromatic carbocycles. The van der Waals surface area contributed by atoms with Gasteiger partial charge in [-0.25, -0.2) is 0 Å². The van der Waals surface area contributed by atoms with Crippen LogP contribution in [0.2, 0.25) is 0 Å². The molecule has 0 saturated heterocycles. The molecule has 0 heterocycles. The number of amides is 1. The van der Waals surface area contributed by atoms with E-state index in [2.05, 4.69) is 0 Å². The average Bonchev–Trinajstić information content (AvgIpc) is 2.52. The first kappa shape index (κ1) is 15.0. The summed E-state index contributed by atoms with van der Waals surface area (Å²) in [4.78, 5) is 11.6. The highest BCUT2D eigenvalue weighted by atomic mass is 16.5. The summed E-state index contributed by atoms with van der Waals surface area (Å²) in [6, 6.07) is 16.2. The van der Waals surface area contributed by atoms with E-state index in [4.69, 9.17) is 4.74 Å². The maximum atomic E-state index is 11.6. The van der Waals surface area contributed by atoms with Crippen LogP contribution in [0.4, 0.5) is 5.69 Å². The van der Waals surface area contributed by atoms with Gasteiger partial charge in [-0.15, -0.1) is 0 Å². The minimum absolute atomic E-state index is 0.194. The van der Waals surface area contributed by atoms with Crippen LogP contribution in [0.25, 0.3) is 0 Å². The SMILES string of the molecule is CC(O)C(=O)N(O)c1ccccc1OCc1ccccc1. The predicted octanol–water partition coefficient (Wildman–Crippen LogP) is 2.37. The van der Waals surface area contributed by atoms with Crippen LogP contribution in [0.1, 0.15) is 12.5 Å². The minimum Gasteiger partial charge on any atom is -0.487 e. The molecule has 5 nitrogen and oxygen atoms in total. The number of anilines is 1.